The predicted octanol–water partition coefficient (Wildman–Crippen LogP) is 1.57. The third-order valence-electron chi connectivity index (χ3n) is 2.96. The van der Waals surface area contributed by atoms with E-state index in [9.17, 15) is 4.39 Å². The van der Waals surface area contributed by atoms with Crippen LogP contribution in [0.5, 0.6) is 0 Å². The number of halogens is 1. The highest BCUT2D eigenvalue weighted by molar-refractivity contribution is 5.12. The van der Waals surface area contributed by atoms with Crippen molar-refractivity contribution in [3.8, 4) is 0 Å². The van der Waals surface area contributed by atoms with Gasteiger partial charge >= 0.3 is 0 Å². The van der Waals surface area contributed by atoms with Crippen LogP contribution < -0.4 is 11.3 Å². The lowest BCUT2D eigenvalue weighted by Gasteiger charge is -2.16. The third-order valence-corrected chi connectivity index (χ3v) is 2.96. The normalized spacial score (nSPS) is 12.6. The third kappa shape index (κ3) is 3.36. The van der Waals surface area contributed by atoms with E-state index in [4.69, 9.17) is 5.84 Å². The van der Waals surface area contributed by atoms with Gasteiger partial charge in [-0.15, -0.1) is 0 Å². The molecule has 0 fully saturated rings. The molecule has 0 spiro atoms. The number of aryl methyl sites for hydroxylation is 1. The zero-order valence-electron chi connectivity index (χ0n) is 10.9. The Labute approximate surface area is 111 Å². The average Bonchev–Trinajstić information content (AvgIpc) is 2.85. The summed E-state index contributed by atoms with van der Waals surface area (Å²) in [5, 5.41) is 0. The minimum atomic E-state index is -0.355. The number of hydrogen-bond acceptors (Lipinski definition) is 4. The van der Waals surface area contributed by atoms with Gasteiger partial charge in [-0.1, -0.05) is 6.92 Å². The molecule has 0 aliphatic rings. The van der Waals surface area contributed by atoms with Crippen molar-refractivity contribution in [2.75, 3.05) is 0 Å². The van der Waals surface area contributed by atoms with Crippen molar-refractivity contribution in [1.82, 2.24) is 20.0 Å². The first-order valence-corrected chi connectivity index (χ1v) is 6.32. The number of aromatic nitrogens is 3. The smallest absolute Gasteiger partial charge is 0.141 e. The van der Waals surface area contributed by atoms with Crippen molar-refractivity contribution in [3.05, 3.63) is 48.1 Å². The largest absolute Gasteiger partial charge is 0.335 e. The molecule has 1 unspecified atom stereocenters. The maximum Gasteiger partial charge on any atom is 0.141 e. The van der Waals surface area contributed by atoms with Crippen LogP contribution >= 0.6 is 0 Å². The topological polar surface area (TPSA) is 68.8 Å². The van der Waals surface area contributed by atoms with E-state index in [1.165, 1.54) is 12.3 Å². The van der Waals surface area contributed by atoms with Crippen molar-refractivity contribution >= 4 is 0 Å². The van der Waals surface area contributed by atoms with Crippen molar-refractivity contribution < 1.29 is 4.39 Å². The highest BCUT2D eigenvalue weighted by atomic mass is 19.1. The van der Waals surface area contributed by atoms with E-state index in [0.29, 0.717) is 12.1 Å². The second-order valence-corrected chi connectivity index (χ2v) is 4.36. The maximum absolute atomic E-state index is 12.9. The molecule has 0 amide bonds. The van der Waals surface area contributed by atoms with E-state index in [-0.39, 0.29) is 11.9 Å². The molecule has 0 bridgehead atoms. The van der Waals surface area contributed by atoms with Gasteiger partial charge in [0, 0.05) is 25.4 Å². The standard InChI is InChI=1S/C13H18FN5/c1-2-6-19-7-5-16-13(19)8-12(18-15)11-4-3-10(14)9-17-11/h3-5,7,9,12,18H,2,6,8,15H2,1H3. The number of imidazole rings is 1. The van der Waals surface area contributed by atoms with E-state index in [0.717, 1.165) is 18.8 Å². The van der Waals surface area contributed by atoms with Crippen molar-refractivity contribution in [2.24, 2.45) is 5.84 Å². The van der Waals surface area contributed by atoms with Gasteiger partial charge < -0.3 is 4.57 Å². The molecule has 2 aromatic rings. The summed E-state index contributed by atoms with van der Waals surface area (Å²) in [6, 6.07) is 2.83. The van der Waals surface area contributed by atoms with Crippen LogP contribution in [0.1, 0.15) is 30.9 Å². The monoisotopic (exact) mass is 263 g/mol. The Morgan fingerprint density at radius 3 is 2.89 bits per heavy atom. The molecule has 3 N–H and O–H groups in total. The summed E-state index contributed by atoms with van der Waals surface area (Å²) < 4.78 is 15.0. The van der Waals surface area contributed by atoms with Gasteiger partial charge in [0.15, 0.2) is 0 Å². The zero-order valence-corrected chi connectivity index (χ0v) is 10.9. The molecule has 2 aromatic heterocycles. The molecule has 6 heteroatoms. The molecule has 0 saturated carbocycles. The van der Waals surface area contributed by atoms with Crippen LogP contribution in [0.15, 0.2) is 30.7 Å². The second kappa shape index (κ2) is 6.40. The first kappa shape index (κ1) is 13.6. The lowest BCUT2D eigenvalue weighted by Crippen LogP contribution is -2.31. The fourth-order valence-corrected chi connectivity index (χ4v) is 2.00. The number of nitrogens with zero attached hydrogens (tertiary/aromatic N) is 3. The first-order chi connectivity index (χ1) is 9.24. The van der Waals surface area contributed by atoms with E-state index in [1.807, 2.05) is 6.20 Å². The molecule has 0 radical (unpaired) electrons. The summed E-state index contributed by atoms with van der Waals surface area (Å²) in [5.41, 5.74) is 3.41. The van der Waals surface area contributed by atoms with Gasteiger partial charge in [-0.25, -0.2) is 9.37 Å². The van der Waals surface area contributed by atoms with E-state index >= 15 is 0 Å². The number of nitrogens with one attached hydrogen (secondary N) is 1. The molecule has 2 heterocycles. The average molecular weight is 263 g/mol. The molecular weight excluding hydrogens is 245 g/mol. The minimum Gasteiger partial charge on any atom is -0.335 e. The van der Waals surface area contributed by atoms with E-state index in [2.05, 4.69) is 26.9 Å². The quantitative estimate of drug-likeness (QED) is 0.613. The fourth-order valence-electron chi connectivity index (χ4n) is 2.00. The summed E-state index contributed by atoms with van der Waals surface area (Å²) in [7, 11) is 0. The molecular formula is C13H18FN5. The summed E-state index contributed by atoms with van der Waals surface area (Å²) in [6.45, 7) is 3.04. The van der Waals surface area contributed by atoms with Crippen LogP contribution in [0, 0.1) is 5.82 Å². The van der Waals surface area contributed by atoms with Crippen LogP contribution in [0.4, 0.5) is 4.39 Å². The second-order valence-electron chi connectivity index (χ2n) is 4.36. The summed E-state index contributed by atoms with van der Waals surface area (Å²) in [6.07, 6.45) is 6.57. The summed E-state index contributed by atoms with van der Waals surface area (Å²) >= 11 is 0. The maximum atomic E-state index is 12.9. The molecule has 1 atom stereocenters. The molecule has 0 saturated heterocycles. The number of rotatable bonds is 6. The van der Waals surface area contributed by atoms with E-state index < -0.39 is 0 Å². The van der Waals surface area contributed by atoms with Crippen LogP contribution in [0.3, 0.4) is 0 Å². The highest BCUT2D eigenvalue weighted by Crippen LogP contribution is 2.15. The molecule has 2 rings (SSSR count). The van der Waals surface area contributed by atoms with Crippen LogP contribution in [0.2, 0.25) is 0 Å². The van der Waals surface area contributed by atoms with Gasteiger partial charge in [0.05, 0.1) is 17.9 Å². The van der Waals surface area contributed by atoms with Gasteiger partial charge in [0.25, 0.3) is 0 Å². The number of hydrogen-bond donors (Lipinski definition) is 2. The van der Waals surface area contributed by atoms with Gasteiger partial charge in [0.1, 0.15) is 11.6 Å². The Bertz CT molecular complexity index is 508. The summed E-state index contributed by atoms with van der Waals surface area (Å²) in [5.74, 6) is 6.15. The molecule has 102 valence electrons. The molecule has 0 aliphatic carbocycles. The highest BCUT2D eigenvalue weighted by Gasteiger charge is 2.15. The Morgan fingerprint density at radius 1 is 1.42 bits per heavy atom. The lowest BCUT2D eigenvalue weighted by atomic mass is 10.1. The van der Waals surface area contributed by atoms with Crippen molar-refractivity contribution in [1.29, 1.82) is 0 Å². The Hall–Kier alpha value is -1.79. The molecule has 0 aliphatic heterocycles. The number of pyridine rings is 1. The van der Waals surface area contributed by atoms with Crippen molar-refractivity contribution in [2.45, 2.75) is 32.4 Å². The first-order valence-electron chi connectivity index (χ1n) is 6.32. The molecule has 19 heavy (non-hydrogen) atoms. The zero-order chi connectivity index (χ0) is 13.7. The van der Waals surface area contributed by atoms with Crippen LogP contribution in [-0.2, 0) is 13.0 Å². The van der Waals surface area contributed by atoms with Gasteiger partial charge in [0.2, 0.25) is 0 Å². The fraction of sp³-hybridized carbons (Fsp3) is 0.385. The Morgan fingerprint density at radius 2 is 2.26 bits per heavy atom. The molecule has 5 nitrogen and oxygen atoms in total. The SMILES string of the molecule is CCCn1ccnc1CC(NN)c1ccc(F)cn1. The predicted molar refractivity (Wildman–Crippen MR) is 70.5 cm³/mol. The molecule has 0 aromatic carbocycles. The van der Waals surface area contributed by atoms with Crippen molar-refractivity contribution in [3.63, 3.8) is 0 Å². The summed E-state index contributed by atoms with van der Waals surface area (Å²) in [4.78, 5) is 8.38. The minimum absolute atomic E-state index is 0.182. The van der Waals surface area contributed by atoms with Gasteiger partial charge in [-0.3, -0.25) is 16.3 Å². The van der Waals surface area contributed by atoms with Gasteiger partial charge in [-0.05, 0) is 18.6 Å². The lowest BCUT2D eigenvalue weighted by molar-refractivity contribution is 0.504. The Kier molecular flexibility index (Phi) is 4.59. The Balaban J connectivity index is 2.14. The van der Waals surface area contributed by atoms with Gasteiger partial charge in [-0.2, -0.15) is 0 Å². The van der Waals surface area contributed by atoms with E-state index in [1.54, 1.807) is 12.3 Å². The van der Waals surface area contributed by atoms with Crippen LogP contribution in [0.25, 0.3) is 0 Å². The number of nitrogens with two attached hydrogens (primary N) is 1. The number of hydrazine groups is 1. The van der Waals surface area contributed by atoms with Crippen LogP contribution in [-0.4, -0.2) is 14.5 Å².